The molecule has 3 rings (SSSR count). The molecule has 5 heteroatoms. The van der Waals surface area contributed by atoms with E-state index in [1.807, 2.05) is 29.2 Å². The third kappa shape index (κ3) is 2.38. The minimum absolute atomic E-state index is 0.173. The second-order valence-corrected chi connectivity index (χ2v) is 5.03. The molecule has 0 aliphatic carbocycles. The summed E-state index contributed by atoms with van der Waals surface area (Å²) in [6.07, 6.45) is 3.67. The van der Waals surface area contributed by atoms with Gasteiger partial charge in [0.05, 0.1) is 6.20 Å². The van der Waals surface area contributed by atoms with E-state index in [1.165, 1.54) is 6.39 Å². The molecule has 1 aliphatic rings. The highest BCUT2D eigenvalue weighted by molar-refractivity contribution is 7.80. The van der Waals surface area contributed by atoms with Crippen LogP contribution in [-0.4, -0.2) is 23.2 Å². The van der Waals surface area contributed by atoms with Crippen LogP contribution in [0.15, 0.2) is 41.3 Å². The first-order valence-corrected chi connectivity index (χ1v) is 6.81. The first-order chi connectivity index (χ1) is 9.28. The van der Waals surface area contributed by atoms with Crippen LogP contribution >= 0.6 is 12.6 Å². The van der Waals surface area contributed by atoms with Crippen LogP contribution in [0.5, 0.6) is 0 Å². The maximum atomic E-state index is 11.9. The highest BCUT2D eigenvalue weighted by atomic mass is 32.1. The molecule has 1 amide bonds. The van der Waals surface area contributed by atoms with E-state index in [2.05, 4.69) is 17.6 Å². The van der Waals surface area contributed by atoms with Crippen molar-refractivity contribution in [2.45, 2.75) is 6.42 Å². The molecular formula is C14H14N2O2S. The molecule has 1 aliphatic heterocycles. The highest BCUT2D eigenvalue weighted by Gasteiger charge is 2.29. The first-order valence-electron chi connectivity index (χ1n) is 6.18. The minimum Gasteiger partial charge on any atom is -0.444 e. The Labute approximate surface area is 116 Å². The van der Waals surface area contributed by atoms with Crippen LogP contribution in [0, 0.1) is 5.92 Å². The number of rotatable bonds is 3. The summed E-state index contributed by atoms with van der Waals surface area (Å²) < 4.78 is 5.24. The summed E-state index contributed by atoms with van der Waals surface area (Å²) in [6, 6.07) is 7.77. The van der Waals surface area contributed by atoms with Crippen LogP contribution in [0.1, 0.15) is 6.42 Å². The number of aromatic nitrogens is 1. The Morgan fingerprint density at radius 2 is 2.16 bits per heavy atom. The van der Waals surface area contributed by atoms with Gasteiger partial charge in [-0.25, -0.2) is 4.98 Å². The summed E-state index contributed by atoms with van der Waals surface area (Å²) in [6.45, 7) is 0.754. The third-order valence-corrected chi connectivity index (χ3v) is 3.88. The minimum atomic E-state index is 0.173. The van der Waals surface area contributed by atoms with Gasteiger partial charge in [0, 0.05) is 24.2 Å². The Hall–Kier alpha value is -1.75. The van der Waals surface area contributed by atoms with Crippen molar-refractivity contribution in [1.82, 2.24) is 4.98 Å². The number of amides is 1. The van der Waals surface area contributed by atoms with E-state index >= 15 is 0 Å². The molecule has 1 saturated heterocycles. The van der Waals surface area contributed by atoms with Crippen LogP contribution in [0.25, 0.3) is 11.3 Å². The number of nitrogens with zero attached hydrogens (tertiary/aromatic N) is 2. The third-order valence-electron chi connectivity index (χ3n) is 3.36. The molecular weight excluding hydrogens is 260 g/mol. The number of thiol groups is 1. The van der Waals surface area contributed by atoms with Gasteiger partial charge in [-0.1, -0.05) is 0 Å². The summed E-state index contributed by atoms with van der Waals surface area (Å²) in [5.74, 6) is 2.00. The quantitative estimate of drug-likeness (QED) is 0.875. The number of carbonyl (C=O) groups is 1. The van der Waals surface area contributed by atoms with Crippen LogP contribution in [0.4, 0.5) is 5.69 Å². The van der Waals surface area contributed by atoms with E-state index in [-0.39, 0.29) is 5.91 Å². The molecule has 2 heterocycles. The molecule has 0 N–H and O–H groups in total. The van der Waals surface area contributed by atoms with Crippen molar-refractivity contribution in [2.75, 3.05) is 17.2 Å². The van der Waals surface area contributed by atoms with E-state index < -0.39 is 0 Å². The maximum absolute atomic E-state index is 11.9. The van der Waals surface area contributed by atoms with Gasteiger partial charge in [0.15, 0.2) is 12.2 Å². The van der Waals surface area contributed by atoms with Gasteiger partial charge in [0.2, 0.25) is 5.91 Å². The Bertz CT molecular complexity index is 566. The smallest absolute Gasteiger partial charge is 0.227 e. The first kappa shape index (κ1) is 12.3. The molecule has 2 aromatic rings. The average molecular weight is 274 g/mol. The standard InChI is InChI=1S/C14H14N2O2S/c17-14-5-10(8-19)7-16(14)12-3-1-11(2-4-12)13-6-15-9-18-13/h1-4,6,9-10,19H,5,7-8H2. The Morgan fingerprint density at radius 3 is 2.74 bits per heavy atom. The van der Waals surface area contributed by atoms with Crippen molar-refractivity contribution in [2.24, 2.45) is 5.92 Å². The van der Waals surface area contributed by atoms with Crippen molar-refractivity contribution in [1.29, 1.82) is 0 Å². The molecule has 19 heavy (non-hydrogen) atoms. The van der Waals surface area contributed by atoms with Gasteiger partial charge in [-0.2, -0.15) is 12.6 Å². The Kier molecular flexibility index (Phi) is 3.29. The zero-order valence-electron chi connectivity index (χ0n) is 10.3. The number of benzene rings is 1. The fraction of sp³-hybridized carbons (Fsp3) is 0.286. The Morgan fingerprint density at radius 1 is 1.37 bits per heavy atom. The zero-order valence-corrected chi connectivity index (χ0v) is 11.2. The Balaban J connectivity index is 1.81. The lowest BCUT2D eigenvalue weighted by Gasteiger charge is -2.16. The second-order valence-electron chi connectivity index (χ2n) is 4.67. The molecule has 1 atom stereocenters. The van der Waals surface area contributed by atoms with Gasteiger partial charge in [-0.15, -0.1) is 0 Å². The SMILES string of the molecule is O=C1CC(CS)CN1c1ccc(-c2cnco2)cc1. The second kappa shape index (κ2) is 5.09. The summed E-state index contributed by atoms with van der Waals surface area (Å²) in [4.78, 5) is 17.6. The predicted octanol–water partition coefficient (Wildman–Crippen LogP) is 2.62. The summed E-state index contributed by atoms with van der Waals surface area (Å²) in [5, 5.41) is 0. The van der Waals surface area contributed by atoms with Crippen LogP contribution in [0.3, 0.4) is 0 Å². The topological polar surface area (TPSA) is 46.3 Å². The maximum Gasteiger partial charge on any atom is 0.227 e. The van der Waals surface area contributed by atoms with Crippen LogP contribution in [-0.2, 0) is 4.79 Å². The van der Waals surface area contributed by atoms with Crippen LogP contribution < -0.4 is 4.90 Å². The molecule has 0 spiro atoms. The fourth-order valence-corrected chi connectivity index (χ4v) is 2.56. The summed E-state index contributed by atoms with van der Waals surface area (Å²) in [7, 11) is 0. The van der Waals surface area contributed by atoms with Gasteiger partial charge in [-0.05, 0) is 35.9 Å². The number of hydrogen-bond donors (Lipinski definition) is 1. The average Bonchev–Trinajstić information content (AvgIpc) is 3.08. The molecule has 98 valence electrons. The van der Waals surface area contributed by atoms with E-state index in [9.17, 15) is 4.79 Å². The summed E-state index contributed by atoms with van der Waals surface area (Å²) >= 11 is 4.27. The van der Waals surface area contributed by atoms with Crippen molar-refractivity contribution >= 4 is 24.2 Å². The normalized spacial score (nSPS) is 19.1. The molecule has 0 radical (unpaired) electrons. The zero-order chi connectivity index (χ0) is 13.2. The van der Waals surface area contributed by atoms with E-state index in [0.717, 1.165) is 29.3 Å². The highest BCUT2D eigenvalue weighted by Crippen LogP contribution is 2.28. The van der Waals surface area contributed by atoms with E-state index in [1.54, 1.807) is 6.20 Å². The number of hydrogen-bond acceptors (Lipinski definition) is 4. The van der Waals surface area contributed by atoms with Crippen molar-refractivity contribution in [3.8, 4) is 11.3 Å². The van der Waals surface area contributed by atoms with E-state index in [4.69, 9.17) is 4.42 Å². The van der Waals surface area contributed by atoms with Gasteiger partial charge in [-0.3, -0.25) is 4.79 Å². The lowest BCUT2D eigenvalue weighted by Crippen LogP contribution is -2.24. The largest absolute Gasteiger partial charge is 0.444 e. The van der Waals surface area contributed by atoms with Crippen LogP contribution in [0.2, 0.25) is 0 Å². The molecule has 1 aromatic heterocycles. The molecule has 0 bridgehead atoms. The predicted molar refractivity (Wildman–Crippen MR) is 76.3 cm³/mol. The van der Waals surface area contributed by atoms with Gasteiger partial charge in [0.1, 0.15) is 0 Å². The molecule has 4 nitrogen and oxygen atoms in total. The van der Waals surface area contributed by atoms with Gasteiger partial charge >= 0.3 is 0 Å². The number of carbonyl (C=O) groups excluding carboxylic acids is 1. The monoisotopic (exact) mass is 274 g/mol. The molecule has 1 unspecified atom stereocenters. The van der Waals surface area contributed by atoms with Gasteiger partial charge in [0.25, 0.3) is 0 Å². The summed E-state index contributed by atoms with van der Waals surface area (Å²) in [5.41, 5.74) is 1.89. The molecule has 1 aromatic carbocycles. The van der Waals surface area contributed by atoms with Gasteiger partial charge < -0.3 is 9.32 Å². The molecule has 1 fully saturated rings. The fourth-order valence-electron chi connectivity index (χ4n) is 2.32. The van der Waals surface area contributed by atoms with Crippen molar-refractivity contribution in [3.63, 3.8) is 0 Å². The van der Waals surface area contributed by atoms with Crippen molar-refractivity contribution < 1.29 is 9.21 Å². The molecule has 0 saturated carbocycles. The number of anilines is 1. The van der Waals surface area contributed by atoms with Crippen molar-refractivity contribution in [3.05, 3.63) is 36.9 Å². The lowest BCUT2D eigenvalue weighted by atomic mass is 10.1. The van der Waals surface area contributed by atoms with E-state index in [0.29, 0.717) is 12.3 Å². The lowest BCUT2D eigenvalue weighted by molar-refractivity contribution is -0.117. The number of oxazole rings is 1.